The van der Waals surface area contributed by atoms with Gasteiger partial charge in [-0.3, -0.25) is 4.79 Å². The fourth-order valence-corrected chi connectivity index (χ4v) is 2.42. The van der Waals surface area contributed by atoms with Crippen LogP contribution in [0.3, 0.4) is 0 Å². The summed E-state index contributed by atoms with van der Waals surface area (Å²) in [7, 11) is 1.76. The highest BCUT2D eigenvalue weighted by Gasteiger charge is 2.45. The minimum atomic E-state index is -0.751. The fraction of sp³-hybridized carbons (Fsp3) is 0.533. The van der Waals surface area contributed by atoms with Crippen molar-refractivity contribution in [3.8, 4) is 5.75 Å². The predicted octanol–water partition coefficient (Wildman–Crippen LogP) is 2.30. The van der Waals surface area contributed by atoms with E-state index in [-0.39, 0.29) is 5.91 Å². The maximum absolute atomic E-state index is 12.3. The van der Waals surface area contributed by atoms with E-state index < -0.39 is 5.54 Å². The molecule has 20 heavy (non-hydrogen) atoms. The third-order valence-electron chi connectivity index (χ3n) is 3.75. The number of rotatable bonds is 6. The molecule has 0 saturated heterocycles. The molecule has 1 atom stereocenters. The van der Waals surface area contributed by atoms with E-state index in [1.807, 2.05) is 19.1 Å². The van der Waals surface area contributed by atoms with Gasteiger partial charge in [0.1, 0.15) is 12.4 Å². The molecule has 1 aliphatic rings. The van der Waals surface area contributed by atoms with E-state index >= 15 is 0 Å². The zero-order chi connectivity index (χ0) is 14.8. The number of hydrogen-bond acceptors (Lipinski definition) is 3. The van der Waals surface area contributed by atoms with Gasteiger partial charge in [0.15, 0.2) is 0 Å². The Bertz CT molecular complexity index is 487. The summed E-state index contributed by atoms with van der Waals surface area (Å²) in [6.45, 7) is 2.70. The van der Waals surface area contributed by atoms with Crippen LogP contribution in [0.15, 0.2) is 24.3 Å². The average Bonchev–Trinajstić information content (AvgIpc) is 3.24. The summed E-state index contributed by atoms with van der Waals surface area (Å²) in [5.41, 5.74) is 5.37. The van der Waals surface area contributed by atoms with Crippen molar-refractivity contribution in [2.75, 3.05) is 20.2 Å². The molecule has 0 aliphatic heterocycles. The first-order valence-corrected chi connectivity index (χ1v) is 7.22. The molecule has 4 nitrogen and oxygen atoms in total. The number of hydrogen-bond donors (Lipinski definition) is 1. The van der Waals surface area contributed by atoms with E-state index in [0.29, 0.717) is 29.8 Å². The molecular weight excluding hydrogens is 276 g/mol. The number of carbonyl (C=O) groups is 1. The number of nitrogens with two attached hydrogens (primary N) is 1. The van der Waals surface area contributed by atoms with Crippen LogP contribution in [0.25, 0.3) is 0 Å². The van der Waals surface area contributed by atoms with Crippen LogP contribution in [-0.4, -0.2) is 36.5 Å². The van der Waals surface area contributed by atoms with E-state index in [4.69, 9.17) is 22.1 Å². The standard InChI is InChI=1S/C15H21ClN2O2/c1-15(17,11-7-8-11)14(19)18(2)9-10-20-13-6-4-3-5-12(13)16/h3-6,11H,7-10,17H2,1-2H3. The van der Waals surface area contributed by atoms with Gasteiger partial charge in [-0.05, 0) is 37.8 Å². The molecule has 2 rings (SSSR count). The lowest BCUT2D eigenvalue weighted by molar-refractivity contribution is -0.136. The maximum Gasteiger partial charge on any atom is 0.242 e. The van der Waals surface area contributed by atoms with E-state index in [2.05, 4.69) is 0 Å². The highest BCUT2D eigenvalue weighted by molar-refractivity contribution is 6.32. The summed E-state index contributed by atoms with van der Waals surface area (Å²) in [5.74, 6) is 0.928. The molecule has 2 N–H and O–H groups in total. The van der Waals surface area contributed by atoms with E-state index in [9.17, 15) is 4.79 Å². The minimum absolute atomic E-state index is 0.0252. The smallest absolute Gasteiger partial charge is 0.242 e. The third-order valence-corrected chi connectivity index (χ3v) is 4.07. The Morgan fingerprint density at radius 2 is 2.15 bits per heavy atom. The molecule has 0 bridgehead atoms. The number of amides is 1. The summed E-state index contributed by atoms with van der Waals surface area (Å²) < 4.78 is 5.58. The topological polar surface area (TPSA) is 55.6 Å². The largest absolute Gasteiger partial charge is 0.490 e. The molecule has 1 fully saturated rings. The molecule has 1 saturated carbocycles. The van der Waals surface area contributed by atoms with Crippen molar-refractivity contribution in [3.05, 3.63) is 29.3 Å². The number of nitrogens with zero attached hydrogens (tertiary/aromatic N) is 1. The normalized spacial score (nSPS) is 17.4. The van der Waals surface area contributed by atoms with Crippen molar-refractivity contribution in [1.29, 1.82) is 0 Å². The molecule has 0 radical (unpaired) electrons. The molecule has 5 heteroatoms. The summed E-state index contributed by atoms with van der Waals surface area (Å²) in [4.78, 5) is 13.9. The highest BCUT2D eigenvalue weighted by Crippen LogP contribution is 2.38. The zero-order valence-corrected chi connectivity index (χ0v) is 12.7. The van der Waals surface area contributed by atoms with Gasteiger partial charge in [-0.2, -0.15) is 0 Å². The van der Waals surface area contributed by atoms with E-state index in [0.717, 1.165) is 12.8 Å². The van der Waals surface area contributed by atoms with Crippen molar-refractivity contribution in [3.63, 3.8) is 0 Å². The lowest BCUT2D eigenvalue weighted by Gasteiger charge is -2.29. The van der Waals surface area contributed by atoms with E-state index in [1.165, 1.54) is 0 Å². The number of para-hydroxylation sites is 1. The van der Waals surface area contributed by atoms with Crippen LogP contribution >= 0.6 is 11.6 Å². The monoisotopic (exact) mass is 296 g/mol. The van der Waals surface area contributed by atoms with Crippen molar-refractivity contribution < 1.29 is 9.53 Å². The lowest BCUT2D eigenvalue weighted by Crippen LogP contribution is -2.54. The third kappa shape index (κ3) is 3.44. The molecule has 0 aromatic heterocycles. The second-order valence-corrected chi connectivity index (χ2v) is 5.97. The molecule has 0 spiro atoms. The van der Waals surface area contributed by atoms with Gasteiger partial charge in [0.05, 0.1) is 17.1 Å². The Balaban J connectivity index is 1.82. The number of halogens is 1. The van der Waals surface area contributed by atoms with Gasteiger partial charge in [-0.1, -0.05) is 23.7 Å². The van der Waals surface area contributed by atoms with Gasteiger partial charge in [0.25, 0.3) is 0 Å². The first kappa shape index (κ1) is 15.1. The average molecular weight is 297 g/mol. The minimum Gasteiger partial charge on any atom is -0.490 e. The number of benzene rings is 1. The Morgan fingerprint density at radius 3 is 2.75 bits per heavy atom. The van der Waals surface area contributed by atoms with Crippen molar-refractivity contribution in [2.45, 2.75) is 25.3 Å². The first-order valence-electron chi connectivity index (χ1n) is 6.84. The molecule has 1 amide bonds. The Kier molecular flexibility index (Phi) is 4.55. The first-order chi connectivity index (χ1) is 9.43. The molecular formula is C15H21ClN2O2. The fourth-order valence-electron chi connectivity index (χ4n) is 2.22. The Hall–Kier alpha value is -1.26. The Morgan fingerprint density at radius 1 is 1.50 bits per heavy atom. The van der Waals surface area contributed by atoms with Crippen molar-refractivity contribution >= 4 is 17.5 Å². The van der Waals surface area contributed by atoms with Crippen LogP contribution in [0.4, 0.5) is 0 Å². The van der Waals surface area contributed by atoms with Crippen LogP contribution in [-0.2, 0) is 4.79 Å². The van der Waals surface area contributed by atoms with Gasteiger partial charge in [0.2, 0.25) is 5.91 Å². The summed E-state index contributed by atoms with van der Waals surface area (Å²) in [5, 5.41) is 0.572. The SMILES string of the molecule is CN(CCOc1ccccc1Cl)C(=O)C(C)(N)C1CC1. The number of carbonyl (C=O) groups excluding carboxylic acids is 1. The van der Waals surface area contributed by atoms with Crippen LogP contribution in [0, 0.1) is 5.92 Å². The quantitative estimate of drug-likeness (QED) is 0.876. The number of ether oxygens (including phenoxy) is 1. The van der Waals surface area contributed by atoms with Gasteiger partial charge in [-0.25, -0.2) is 0 Å². The van der Waals surface area contributed by atoms with Gasteiger partial charge < -0.3 is 15.4 Å². The second-order valence-electron chi connectivity index (χ2n) is 5.56. The molecule has 1 aliphatic carbocycles. The van der Waals surface area contributed by atoms with E-state index in [1.54, 1.807) is 24.1 Å². The maximum atomic E-state index is 12.3. The van der Waals surface area contributed by atoms with Crippen molar-refractivity contribution in [1.82, 2.24) is 4.90 Å². The summed E-state index contributed by atoms with van der Waals surface area (Å²) in [6, 6.07) is 7.29. The zero-order valence-electron chi connectivity index (χ0n) is 11.9. The molecule has 1 unspecified atom stereocenters. The van der Waals surface area contributed by atoms with Gasteiger partial charge in [0, 0.05) is 7.05 Å². The number of likely N-dealkylation sites (N-methyl/N-ethyl adjacent to an activating group) is 1. The molecule has 1 aromatic rings. The van der Waals surface area contributed by atoms with Crippen LogP contribution < -0.4 is 10.5 Å². The molecule has 110 valence electrons. The Labute approximate surface area is 124 Å². The second kappa shape index (κ2) is 6.02. The van der Waals surface area contributed by atoms with Crippen molar-refractivity contribution in [2.24, 2.45) is 11.7 Å². The lowest BCUT2D eigenvalue weighted by atomic mass is 9.95. The van der Waals surface area contributed by atoms with Gasteiger partial charge >= 0.3 is 0 Å². The van der Waals surface area contributed by atoms with Crippen LogP contribution in [0.1, 0.15) is 19.8 Å². The molecule has 1 aromatic carbocycles. The predicted molar refractivity (Wildman–Crippen MR) is 79.9 cm³/mol. The highest BCUT2D eigenvalue weighted by atomic mass is 35.5. The summed E-state index contributed by atoms with van der Waals surface area (Å²) in [6.07, 6.45) is 2.09. The van der Waals surface area contributed by atoms with Gasteiger partial charge in [-0.15, -0.1) is 0 Å². The van der Waals surface area contributed by atoms with Crippen LogP contribution in [0.5, 0.6) is 5.75 Å². The molecule has 0 heterocycles. The summed E-state index contributed by atoms with van der Waals surface area (Å²) >= 11 is 6.00. The van der Waals surface area contributed by atoms with Crippen LogP contribution in [0.2, 0.25) is 5.02 Å².